The molecule has 13 heteroatoms. The number of hydrogen-bond acceptors (Lipinski definition) is 7. The number of nitrogens with one attached hydrogen (secondary N) is 1. The van der Waals surface area contributed by atoms with Crippen molar-refractivity contribution in [3.63, 3.8) is 0 Å². The number of fused-ring (bicyclic) bond motifs is 1. The topological polar surface area (TPSA) is 101 Å². The minimum absolute atomic E-state index is 0.0355. The van der Waals surface area contributed by atoms with Gasteiger partial charge in [0, 0.05) is 17.3 Å². The zero-order chi connectivity index (χ0) is 29.3. The molecule has 1 aliphatic heterocycles. The molecule has 2 atom stereocenters. The molecule has 0 bridgehead atoms. The van der Waals surface area contributed by atoms with Crippen LogP contribution in [0.4, 0.5) is 13.2 Å². The van der Waals surface area contributed by atoms with E-state index in [0.29, 0.717) is 33.1 Å². The van der Waals surface area contributed by atoms with Crippen LogP contribution in [-0.2, 0) is 9.53 Å². The Morgan fingerprint density at radius 1 is 1.24 bits per heavy atom. The molecule has 1 saturated heterocycles. The van der Waals surface area contributed by atoms with Crippen molar-refractivity contribution in [3.05, 3.63) is 71.0 Å². The number of piperidine rings is 1. The number of carbonyl (C=O) groups excluding carboxylic acids is 1. The van der Waals surface area contributed by atoms with E-state index in [4.69, 9.17) is 39.0 Å². The van der Waals surface area contributed by atoms with E-state index >= 15 is 0 Å². The molecule has 216 valence electrons. The highest BCUT2D eigenvalue weighted by Gasteiger charge is 2.32. The van der Waals surface area contributed by atoms with Crippen LogP contribution < -0.4 is 20.5 Å². The number of allylic oxidation sites excluding steroid dienone is 2. The Bertz CT molecular complexity index is 1550. The molecule has 5 rings (SSSR count). The summed E-state index contributed by atoms with van der Waals surface area (Å²) in [5, 5.41) is 3.71. The maximum absolute atomic E-state index is 12.8. The maximum Gasteiger partial charge on any atom is 0.573 e. The van der Waals surface area contributed by atoms with Gasteiger partial charge in [0.15, 0.2) is 0 Å². The van der Waals surface area contributed by atoms with Gasteiger partial charge < -0.3 is 25.3 Å². The molecule has 41 heavy (non-hydrogen) atoms. The van der Waals surface area contributed by atoms with Crippen LogP contribution in [0.25, 0.3) is 16.7 Å². The summed E-state index contributed by atoms with van der Waals surface area (Å²) in [7, 11) is 0. The van der Waals surface area contributed by atoms with Crippen molar-refractivity contribution in [3.8, 4) is 11.5 Å². The van der Waals surface area contributed by atoms with Gasteiger partial charge in [0.25, 0.3) is 0 Å². The number of carbonyl (C=O) groups is 1. The molecular formula is C28H26ClF3N4O4S. The number of halogens is 4. The van der Waals surface area contributed by atoms with Crippen LogP contribution in [0.2, 0.25) is 5.02 Å². The Kier molecular flexibility index (Phi) is 8.37. The Morgan fingerprint density at radius 2 is 2.00 bits per heavy atom. The third kappa shape index (κ3) is 6.56. The van der Waals surface area contributed by atoms with Crippen LogP contribution in [0.5, 0.6) is 11.5 Å². The fourth-order valence-electron chi connectivity index (χ4n) is 4.80. The number of rotatable bonds is 8. The molecule has 0 saturated carbocycles. The fraction of sp³-hybridized carbons (Fsp3) is 0.321. The smallest absolute Gasteiger partial charge is 0.489 e. The summed E-state index contributed by atoms with van der Waals surface area (Å²) in [4.78, 5) is 16.7. The molecule has 1 aromatic heterocycles. The second-order valence-corrected chi connectivity index (χ2v) is 10.4. The number of nitrogens with two attached hydrogens (primary N) is 1. The number of nitrogens with zero attached hydrogens (tertiary/aromatic N) is 2. The van der Waals surface area contributed by atoms with Crippen LogP contribution in [0.15, 0.2) is 60.5 Å². The van der Waals surface area contributed by atoms with Crippen LogP contribution in [0.3, 0.4) is 0 Å². The standard InChI is InChI=1S/C28H26ClF3N4O4S/c1-15(19-3-2-4-23(25(19)29)39-17-7-9-34-10-8-17)38-24-12-16(11-20(26(24)41)27(33)37)36-14-35-21-6-5-18(13-22(21)36)40-28(30,31)32/h2-6,11-15,17,24,34H,7-10H2,1H3,(H2,33,37)/t15-,24?/m1/s1. The lowest BCUT2D eigenvalue weighted by atomic mass is 9.98. The highest BCUT2D eigenvalue weighted by atomic mass is 35.5. The molecule has 1 unspecified atom stereocenters. The van der Waals surface area contributed by atoms with Gasteiger partial charge in [-0.2, -0.15) is 0 Å². The molecule has 1 aliphatic carbocycles. The number of aromatic nitrogens is 2. The van der Waals surface area contributed by atoms with Gasteiger partial charge in [-0.05, 0) is 63.2 Å². The fourth-order valence-corrected chi connectivity index (χ4v) is 5.41. The lowest BCUT2D eigenvalue weighted by Gasteiger charge is -2.27. The van der Waals surface area contributed by atoms with Gasteiger partial charge in [0.2, 0.25) is 5.91 Å². The van der Waals surface area contributed by atoms with Crippen molar-refractivity contribution in [2.75, 3.05) is 13.1 Å². The second kappa shape index (κ2) is 11.8. The van der Waals surface area contributed by atoms with E-state index in [0.717, 1.165) is 25.9 Å². The lowest BCUT2D eigenvalue weighted by molar-refractivity contribution is -0.274. The monoisotopic (exact) mass is 606 g/mol. The largest absolute Gasteiger partial charge is 0.573 e. The molecule has 0 spiro atoms. The van der Waals surface area contributed by atoms with Crippen molar-refractivity contribution in [2.24, 2.45) is 5.73 Å². The number of ether oxygens (including phenoxy) is 3. The van der Waals surface area contributed by atoms with Crippen LogP contribution in [-0.4, -0.2) is 52.0 Å². The molecule has 0 radical (unpaired) electrons. The minimum Gasteiger partial charge on any atom is -0.489 e. The number of amides is 1. The molecule has 8 nitrogen and oxygen atoms in total. The maximum atomic E-state index is 12.8. The van der Waals surface area contributed by atoms with Crippen molar-refractivity contribution >= 4 is 51.3 Å². The molecular weight excluding hydrogens is 581 g/mol. The van der Waals surface area contributed by atoms with E-state index in [1.807, 2.05) is 12.1 Å². The number of thiocarbonyl (C=S) groups is 1. The van der Waals surface area contributed by atoms with Gasteiger partial charge in [-0.1, -0.05) is 36.0 Å². The Balaban J connectivity index is 1.44. The highest BCUT2D eigenvalue weighted by molar-refractivity contribution is 7.81. The number of benzene rings is 2. The zero-order valence-corrected chi connectivity index (χ0v) is 23.4. The van der Waals surface area contributed by atoms with Gasteiger partial charge in [0.1, 0.15) is 30.0 Å². The average molecular weight is 607 g/mol. The number of hydrogen-bond donors (Lipinski definition) is 2. The first-order chi connectivity index (χ1) is 19.5. The first kappa shape index (κ1) is 29.1. The van der Waals surface area contributed by atoms with Crippen molar-refractivity contribution in [1.29, 1.82) is 0 Å². The van der Waals surface area contributed by atoms with E-state index < -0.39 is 30.2 Å². The number of primary amides is 1. The highest BCUT2D eigenvalue weighted by Crippen LogP contribution is 2.37. The van der Waals surface area contributed by atoms with Crippen LogP contribution in [0.1, 0.15) is 31.4 Å². The molecule has 1 fully saturated rings. The van der Waals surface area contributed by atoms with Crippen LogP contribution in [0, 0.1) is 0 Å². The SMILES string of the molecule is C[C@@H](OC1C=C(n2cnc3ccc(OC(F)(F)F)cc32)C=C(C(N)=O)C1=S)c1cccc(OC2CCNCC2)c1Cl. The zero-order valence-electron chi connectivity index (χ0n) is 21.8. The number of alkyl halides is 3. The molecule has 3 aromatic rings. The summed E-state index contributed by atoms with van der Waals surface area (Å²) in [6.07, 6.45) is -0.0428. The van der Waals surface area contributed by atoms with Gasteiger partial charge in [-0.3, -0.25) is 9.36 Å². The van der Waals surface area contributed by atoms with Crippen LogP contribution >= 0.6 is 23.8 Å². The lowest BCUT2D eigenvalue weighted by Crippen LogP contribution is -2.34. The van der Waals surface area contributed by atoms with E-state index in [1.54, 1.807) is 19.1 Å². The Morgan fingerprint density at radius 3 is 2.71 bits per heavy atom. The predicted octanol–water partition coefficient (Wildman–Crippen LogP) is 5.50. The molecule has 2 aromatic carbocycles. The third-order valence-electron chi connectivity index (χ3n) is 6.80. The number of imidazole rings is 1. The van der Waals surface area contributed by atoms with E-state index in [1.165, 1.54) is 35.2 Å². The Hall–Kier alpha value is -3.45. The van der Waals surface area contributed by atoms with Gasteiger partial charge in [-0.25, -0.2) is 4.98 Å². The van der Waals surface area contributed by atoms with E-state index in [-0.39, 0.29) is 16.5 Å². The molecule has 2 heterocycles. The third-order valence-corrected chi connectivity index (χ3v) is 7.65. The molecule has 1 amide bonds. The van der Waals surface area contributed by atoms with Crippen molar-refractivity contribution in [1.82, 2.24) is 14.9 Å². The second-order valence-electron chi connectivity index (χ2n) is 9.62. The summed E-state index contributed by atoms with van der Waals surface area (Å²) in [5.41, 5.74) is 7.42. The summed E-state index contributed by atoms with van der Waals surface area (Å²) < 4.78 is 56.5. The quantitative estimate of drug-likeness (QED) is 0.327. The normalized spacial score (nSPS) is 19.0. The van der Waals surface area contributed by atoms with Gasteiger partial charge >= 0.3 is 6.36 Å². The summed E-state index contributed by atoms with van der Waals surface area (Å²) in [6, 6.07) is 9.21. The Labute approximate surface area is 243 Å². The van der Waals surface area contributed by atoms with Crippen molar-refractivity contribution in [2.45, 2.75) is 44.4 Å². The van der Waals surface area contributed by atoms with Gasteiger partial charge in [-0.15, -0.1) is 13.2 Å². The minimum atomic E-state index is -4.86. The van der Waals surface area contributed by atoms with Crippen molar-refractivity contribution < 1.29 is 32.2 Å². The summed E-state index contributed by atoms with van der Waals surface area (Å²) in [6.45, 7) is 3.53. The summed E-state index contributed by atoms with van der Waals surface area (Å²) in [5.74, 6) is -0.642. The molecule has 2 aliphatic rings. The first-order valence-electron chi connectivity index (χ1n) is 12.8. The van der Waals surface area contributed by atoms with E-state index in [2.05, 4.69) is 15.0 Å². The molecule has 3 N–H and O–H groups in total. The first-order valence-corrected chi connectivity index (χ1v) is 13.6. The average Bonchev–Trinajstić information content (AvgIpc) is 3.33. The van der Waals surface area contributed by atoms with E-state index in [9.17, 15) is 18.0 Å². The summed E-state index contributed by atoms with van der Waals surface area (Å²) >= 11 is 12.3. The van der Waals surface area contributed by atoms with Gasteiger partial charge in [0.05, 0.1) is 32.6 Å². The predicted molar refractivity (Wildman–Crippen MR) is 152 cm³/mol.